The van der Waals surface area contributed by atoms with Crippen molar-refractivity contribution in [2.45, 2.75) is 0 Å². The molecule has 0 aromatic heterocycles. The van der Waals surface area contributed by atoms with Crippen LogP contribution in [-0.4, -0.2) is 29.8 Å². The van der Waals surface area contributed by atoms with E-state index in [-0.39, 0.29) is 14.9 Å². The summed E-state index contributed by atoms with van der Waals surface area (Å²) in [5.41, 5.74) is 0.719. The molecule has 0 aliphatic carbocycles. The first kappa shape index (κ1) is 39.1. The second-order valence-corrected chi connectivity index (χ2v) is 9.97. The van der Waals surface area contributed by atoms with E-state index in [1.165, 1.54) is 21.5 Å². The second kappa shape index (κ2) is 20.2. The molecule has 2 N–H and O–H groups in total. The summed E-state index contributed by atoms with van der Waals surface area (Å²) in [6.07, 6.45) is 0. The molecule has 2 radical (unpaired) electrons. The van der Waals surface area contributed by atoms with Gasteiger partial charge in [0.15, 0.2) is 0 Å². The maximum absolute atomic E-state index is 10.8. The summed E-state index contributed by atoms with van der Waals surface area (Å²) in [6, 6.07) is 54.8. The fourth-order valence-corrected chi connectivity index (χ4v) is 4.96. The van der Waals surface area contributed by atoms with E-state index in [2.05, 4.69) is 92.6 Å². The number of benzene rings is 6. The molecule has 0 heterocycles. The van der Waals surface area contributed by atoms with E-state index < -0.39 is 11.9 Å². The molecule has 0 spiro atoms. The Morgan fingerprint density at radius 2 is 0.750 bits per heavy atom. The van der Waals surface area contributed by atoms with E-state index in [0.717, 1.165) is 21.5 Å². The maximum atomic E-state index is 10.8. The third-order valence-corrected chi connectivity index (χ3v) is 7.14. The number of carbonyl (C=O) groups is 2. The quantitative estimate of drug-likeness (QED) is 0.141. The van der Waals surface area contributed by atoms with Crippen LogP contribution in [0.2, 0.25) is 0 Å². The standard InChI is InChI=1S/2C11H8O2.2C9H7.2CH3.Si.Ti/c2*12-11(13)10-7-3-5-8-4-1-2-6-9(8)10;2*1-2-5-9-7-3-6-8(9)4-1;;;;/h2*1-7H,(H,12,13);2*1-7H;2*1H3;;/q;;4*-1;;. The number of hydrogen-bond acceptors (Lipinski definition) is 2. The Bertz CT molecular complexity index is 1950. The van der Waals surface area contributed by atoms with Gasteiger partial charge in [-0.05, 0) is 33.7 Å². The van der Waals surface area contributed by atoms with Crippen molar-refractivity contribution in [3.8, 4) is 0 Å². The van der Waals surface area contributed by atoms with Crippen molar-refractivity contribution >= 4 is 62.7 Å². The Balaban J connectivity index is 0.000000218. The largest absolute Gasteiger partial charge is 0.168 e. The first-order valence-corrected chi connectivity index (χ1v) is 17.2. The van der Waals surface area contributed by atoms with Gasteiger partial charge in [0, 0.05) is 0 Å². The van der Waals surface area contributed by atoms with Gasteiger partial charge in [-0.25, -0.2) is 9.59 Å². The molecular weight excluding hydrogens is 644 g/mol. The molecule has 4 nitrogen and oxygen atoms in total. The van der Waals surface area contributed by atoms with Crippen LogP contribution in [0.25, 0.3) is 43.1 Å². The summed E-state index contributed by atoms with van der Waals surface area (Å²) in [7, 11) is 2.97. The third-order valence-electron chi connectivity index (χ3n) is 7.14. The van der Waals surface area contributed by atoms with Crippen LogP contribution in [0.4, 0.5) is 0 Å². The van der Waals surface area contributed by atoms with Crippen molar-refractivity contribution in [1.82, 2.24) is 0 Å². The average Bonchev–Trinajstić information content (AvgIpc) is 3.80. The normalized spacial score (nSPS) is 9.40. The van der Waals surface area contributed by atoms with Crippen LogP contribution < -0.4 is 0 Å². The van der Waals surface area contributed by atoms with Gasteiger partial charge in [0.1, 0.15) is 0 Å². The molecule has 8 rings (SSSR count). The third kappa shape index (κ3) is 10.5. The molecule has 0 fully saturated rings. The monoisotopic (exact) mass is 680 g/mol. The average molecular weight is 681 g/mol. The zero-order chi connectivity index (χ0) is 32.7. The number of fused-ring (bicyclic) bond motifs is 4. The Kier molecular flexibility index (Phi) is 16.5. The zero-order valence-corrected chi connectivity index (χ0v) is 29.4. The molecule has 48 heavy (non-hydrogen) atoms. The van der Waals surface area contributed by atoms with Crippen LogP contribution in [0.15, 0.2) is 170 Å². The predicted molar refractivity (Wildman–Crippen MR) is 199 cm³/mol. The summed E-state index contributed by atoms with van der Waals surface area (Å²) in [5, 5.41) is 26.6. The maximum Gasteiger partial charge on any atom is -0.0809 e. The molecule has 0 bridgehead atoms. The van der Waals surface area contributed by atoms with Gasteiger partial charge in [0.05, 0.1) is 11.1 Å². The van der Waals surface area contributed by atoms with Gasteiger partial charge >= 0.3 is 38.7 Å². The number of hydrogen-bond donors (Lipinski definition) is 2. The first-order valence-electron chi connectivity index (χ1n) is 14.4. The number of carboxylic acid groups (broad SMARTS) is 2. The molecule has 6 heteroatoms. The van der Waals surface area contributed by atoms with Crippen molar-refractivity contribution in [2.75, 3.05) is 0 Å². The summed E-state index contributed by atoms with van der Waals surface area (Å²) in [6.45, 7) is 0. The molecule has 0 aliphatic heterocycles. The molecule has 0 aliphatic rings. The van der Waals surface area contributed by atoms with Crippen LogP contribution in [0, 0.1) is 14.9 Å². The topological polar surface area (TPSA) is 74.6 Å². The van der Waals surface area contributed by atoms with E-state index >= 15 is 0 Å². The molecular formula is C42H36O4SiTi-4. The van der Waals surface area contributed by atoms with Gasteiger partial charge < -0.3 is 25.1 Å². The first-order chi connectivity index (χ1) is 22.5. The van der Waals surface area contributed by atoms with E-state index in [1.54, 1.807) is 43.4 Å². The van der Waals surface area contributed by atoms with E-state index in [0.29, 0.717) is 11.1 Å². The molecule has 0 unspecified atom stereocenters. The molecule has 0 amide bonds. The van der Waals surface area contributed by atoms with Crippen LogP contribution in [0.3, 0.4) is 0 Å². The number of carboxylic acids is 2. The van der Waals surface area contributed by atoms with Crippen molar-refractivity contribution < 1.29 is 39.0 Å². The Hall–Kier alpha value is -5.07. The van der Waals surface area contributed by atoms with Gasteiger partial charge in [-0.15, -0.1) is 59.3 Å². The summed E-state index contributed by atoms with van der Waals surface area (Å²) in [5.74, 6) is -1.76. The second-order valence-electron chi connectivity index (χ2n) is 9.97. The molecule has 8 aromatic carbocycles. The summed E-state index contributed by atoms with van der Waals surface area (Å²) < 4.78 is 0. The molecule has 0 saturated carbocycles. The van der Waals surface area contributed by atoms with Gasteiger partial charge in [0.25, 0.3) is 0 Å². The van der Waals surface area contributed by atoms with Gasteiger partial charge in [-0.1, -0.05) is 84.9 Å². The zero-order valence-electron chi connectivity index (χ0n) is 26.9. The Morgan fingerprint density at radius 3 is 1.10 bits per heavy atom. The van der Waals surface area contributed by atoms with Crippen molar-refractivity contribution in [3.05, 3.63) is 196 Å². The fraction of sp³-hybridized carbons (Fsp3) is 0. The number of aromatic carboxylic acids is 2. The smallest absolute Gasteiger partial charge is 0.0809 e. The molecule has 0 saturated heterocycles. The van der Waals surface area contributed by atoms with Gasteiger partial charge in [-0.3, -0.25) is 0 Å². The minimum Gasteiger partial charge on any atom is -0.168 e. The van der Waals surface area contributed by atoms with Crippen molar-refractivity contribution in [3.63, 3.8) is 0 Å². The summed E-state index contributed by atoms with van der Waals surface area (Å²) in [4.78, 5) is 21.6. The number of rotatable bonds is 2. The molecule has 8 aromatic rings. The Labute approximate surface area is 296 Å². The minimum atomic E-state index is -0.878. The minimum absolute atomic E-state index is 0. The Morgan fingerprint density at radius 1 is 0.438 bits per heavy atom. The van der Waals surface area contributed by atoms with Crippen LogP contribution >= 0.6 is 0 Å². The fourth-order valence-electron chi connectivity index (χ4n) is 4.96. The predicted octanol–water partition coefficient (Wildman–Crippen LogP) is 10.7. The van der Waals surface area contributed by atoms with Crippen LogP contribution in [-0.2, 0) is 19.2 Å². The van der Waals surface area contributed by atoms with E-state index in [1.807, 2.05) is 60.7 Å². The summed E-state index contributed by atoms with van der Waals surface area (Å²) >= 11 is 1.81. The van der Waals surface area contributed by atoms with Crippen LogP contribution in [0.1, 0.15) is 20.7 Å². The van der Waals surface area contributed by atoms with Gasteiger partial charge in [-0.2, -0.15) is 35.0 Å². The van der Waals surface area contributed by atoms with E-state index in [4.69, 9.17) is 10.2 Å². The van der Waals surface area contributed by atoms with E-state index in [9.17, 15) is 9.59 Å². The van der Waals surface area contributed by atoms with Crippen molar-refractivity contribution in [2.24, 2.45) is 0 Å². The SMILES string of the molecule is O=C(O)c1cccc2ccccc12.O=C(O)c1cccc2ccccc12.[CH3-].[CH3-].[Si]=[Ti].c1ccc2[cH-]ccc2c1.c1ccc2[cH-]ccc2c1. The van der Waals surface area contributed by atoms with Crippen molar-refractivity contribution in [1.29, 1.82) is 0 Å². The van der Waals surface area contributed by atoms with Crippen LogP contribution in [0.5, 0.6) is 0 Å². The van der Waals surface area contributed by atoms with Gasteiger partial charge in [0.2, 0.25) is 0 Å². The molecule has 240 valence electrons. The molecule has 0 atom stereocenters.